The zero-order valence-electron chi connectivity index (χ0n) is 13.6. The van der Waals surface area contributed by atoms with Gasteiger partial charge in [0.2, 0.25) is 0 Å². The zero-order valence-corrected chi connectivity index (χ0v) is 13.6. The molecule has 0 aliphatic heterocycles. The van der Waals surface area contributed by atoms with E-state index >= 15 is 0 Å². The second-order valence-electron chi connectivity index (χ2n) is 5.80. The highest BCUT2D eigenvalue weighted by atomic mass is 16.2. The molecule has 118 valence electrons. The van der Waals surface area contributed by atoms with Crippen LogP contribution in [-0.4, -0.2) is 29.1 Å². The summed E-state index contributed by atoms with van der Waals surface area (Å²) in [6.07, 6.45) is 2.93. The van der Waals surface area contributed by atoms with E-state index in [-0.39, 0.29) is 6.03 Å². The Hall–Kier alpha value is -2.23. The maximum atomic E-state index is 12.1. The molecule has 1 aromatic carbocycles. The van der Waals surface area contributed by atoms with Crippen molar-refractivity contribution in [2.75, 3.05) is 13.6 Å². The van der Waals surface area contributed by atoms with Crippen molar-refractivity contribution in [2.45, 2.75) is 25.8 Å². The summed E-state index contributed by atoms with van der Waals surface area (Å²) in [5, 5.41) is 2.99. The fraction of sp³-hybridized carbons (Fsp3) is 0.389. The molecule has 1 N–H and O–H groups in total. The van der Waals surface area contributed by atoms with E-state index in [1.807, 2.05) is 43.1 Å². The van der Waals surface area contributed by atoms with Gasteiger partial charge in [0.1, 0.15) is 0 Å². The molecule has 1 aromatic heterocycles. The Kier molecular flexibility index (Phi) is 5.64. The molecule has 4 nitrogen and oxygen atoms in total. The number of carbonyl (C=O) groups is 1. The number of aryl methyl sites for hydroxylation is 1. The predicted octanol–water partition coefficient (Wildman–Crippen LogP) is 3.36. The number of amides is 2. The number of nitrogens with one attached hydrogen (secondary N) is 1. The van der Waals surface area contributed by atoms with E-state index < -0.39 is 0 Å². The van der Waals surface area contributed by atoms with Gasteiger partial charge in [0.15, 0.2) is 0 Å². The summed E-state index contributed by atoms with van der Waals surface area (Å²) < 4.78 is 2.03. The smallest absolute Gasteiger partial charge is 0.317 e. The van der Waals surface area contributed by atoms with Crippen molar-refractivity contribution >= 4 is 6.03 Å². The number of aromatic nitrogens is 1. The van der Waals surface area contributed by atoms with E-state index in [1.165, 1.54) is 5.56 Å². The van der Waals surface area contributed by atoms with Crippen LogP contribution in [0.5, 0.6) is 0 Å². The van der Waals surface area contributed by atoms with Crippen LogP contribution in [0.15, 0.2) is 48.7 Å². The van der Waals surface area contributed by atoms with Crippen molar-refractivity contribution in [3.8, 4) is 0 Å². The largest absolute Gasteiger partial charge is 0.353 e. The van der Waals surface area contributed by atoms with Gasteiger partial charge < -0.3 is 14.8 Å². The molecule has 2 rings (SSSR count). The first-order valence-electron chi connectivity index (χ1n) is 7.72. The topological polar surface area (TPSA) is 37.3 Å². The van der Waals surface area contributed by atoms with E-state index in [0.29, 0.717) is 19.0 Å². The minimum Gasteiger partial charge on any atom is -0.353 e. The summed E-state index contributed by atoms with van der Waals surface area (Å²) >= 11 is 0. The summed E-state index contributed by atoms with van der Waals surface area (Å²) in [5.41, 5.74) is 2.43. The first-order valence-corrected chi connectivity index (χ1v) is 7.72. The van der Waals surface area contributed by atoms with Crippen molar-refractivity contribution in [3.63, 3.8) is 0 Å². The van der Waals surface area contributed by atoms with Crippen molar-refractivity contribution in [2.24, 2.45) is 7.05 Å². The lowest BCUT2D eigenvalue weighted by Gasteiger charge is -2.19. The second kappa shape index (κ2) is 7.69. The fourth-order valence-corrected chi connectivity index (χ4v) is 2.45. The van der Waals surface area contributed by atoms with E-state index in [2.05, 4.69) is 36.5 Å². The van der Waals surface area contributed by atoms with Crippen molar-refractivity contribution < 1.29 is 4.79 Å². The fourth-order valence-electron chi connectivity index (χ4n) is 2.45. The second-order valence-corrected chi connectivity index (χ2v) is 5.80. The van der Waals surface area contributed by atoms with E-state index in [1.54, 1.807) is 4.90 Å². The number of rotatable bonds is 6. The molecule has 1 heterocycles. The van der Waals surface area contributed by atoms with Gasteiger partial charge in [-0.25, -0.2) is 4.79 Å². The summed E-state index contributed by atoms with van der Waals surface area (Å²) in [6.45, 7) is 3.49. The molecular formula is C18H25N3O. The first-order chi connectivity index (χ1) is 10.6. The lowest BCUT2D eigenvalue weighted by Crippen LogP contribution is -2.37. The van der Waals surface area contributed by atoms with Crippen LogP contribution in [0.2, 0.25) is 0 Å². The van der Waals surface area contributed by atoms with Crippen LogP contribution in [0.1, 0.15) is 30.5 Å². The highest BCUT2D eigenvalue weighted by Crippen LogP contribution is 2.17. The molecule has 2 aromatic rings. The van der Waals surface area contributed by atoms with Crippen molar-refractivity contribution in [1.82, 2.24) is 14.8 Å². The number of hydrogen-bond donors (Lipinski definition) is 1. The highest BCUT2D eigenvalue weighted by molar-refractivity contribution is 5.73. The molecule has 22 heavy (non-hydrogen) atoms. The van der Waals surface area contributed by atoms with Crippen LogP contribution in [0.4, 0.5) is 4.79 Å². The van der Waals surface area contributed by atoms with Crippen LogP contribution in [0.25, 0.3) is 0 Å². The van der Waals surface area contributed by atoms with Crippen LogP contribution in [-0.2, 0) is 13.6 Å². The molecule has 1 atom stereocenters. The third kappa shape index (κ3) is 4.38. The van der Waals surface area contributed by atoms with E-state index in [4.69, 9.17) is 0 Å². The van der Waals surface area contributed by atoms with Crippen LogP contribution in [0, 0.1) is 0 Å². The van der Waals surface area contributed by atoms with Gasteiger partial charge in [-0.05, 0) is 30.0 Å². The third-order valence-corrected chi connectivity index (χ3v) is 4.02. The van der Waals surface area contributed by atoms with Crippen LogP contribution in [0.3, 0.4) is 0 Å². The average molecular weight is 299 g/mol. The molecule has 0 fully saturated rings. The maximum absolute atomic E-state index is 12.1. The Morgan fingerprint density at radius 1 is 1.23 bits per heavy atom. The lowest BCUT2D eigenvalue weighted by atomic mass is 9.98. The number of benzene rings is 1. The Balaban J connectivity index is 1.74. The molecule has 4 heteroatoms. The zero-order chi connectivity index (χ0) is 15.9. The monoisotopic (exact) mass is 299 g/mol. The molecule has 0 radical (unpaired) electrons. The van der Waals surface area contributed by atoms with Crippen molar-refractivity contribution in [3.05, 3.63) is 59.9 Å². The van der Waals surface area contributed by atoms with Crippen LogP contribution < -0.4 is 5.32 Å². The van der Waals surface area contributed by atoms with Gasteiger partial charge in [-0.1, -0.05) is 37.3 Å². The molecular weight excluding hydrogens is 274 g/mol. The standard InChI is InChI=1S/C18H25N3O/c1-15(16-8-5-4-6-9-16)11-12-19-18(22)21(3)14-17-10-7-13-20(17)2/h4-10,13,15H,11-12,14H2,1-3H3,(H,19,22)/t15-/m1/s1. The SMILES string of the molecule is C[C@H](CCNC(=O)N(C)Cc1cccn1C)c1ccccc1. The normalized spacial score (nSPS) is 12.0. The Labute approximate surface area is 132 Å². The van der Waals surface area contributed by atoms with Gasteiger partial charge in [0.25, 0.3) is 0 Å². The first kappa shape index (κ1) is 16.1. The Morgan fingerprint density at radius 2 is 1.95 bits per heavy atom. The molecule has 0 saturated heterocycles. The molecule has 0 saturated carbocycles. The van der Waals surface area contributed by atoms with E-state index in [0.717, 1.165) is 12.1 Å². The minimum absolute atomic E-state index is 0.0264. The maximum Gasteiger partial charge on any atom is 0.317 e. The molecule has 0 unspecified atom stereocenters. The number of urea groups is 1. The van der Waals surface area contributed by atoms with E-state index in [9.17, 15) is 4.79 Å². The van der Waals surface area contributed by atoms with Gasteiger partial charge >= 0.3 is 6.03 Å². The third-order valence-electron chi connectivity index (χ3n) is 4.02. The molecule has 0 spiro atoms. The number of carbonyl (C=O) groups excluding carboxylic acids is 1. The highest BCUT2D eigenvalue weighted by Gasteiger charge is 2.11. The summed E-state index contributed by atoms with van der Waals surface area (Å²) in [4.78, 5) is 13.8. The molecule has 0 bridgehead atoms. The van der Waals surface area contributed by atoms with Gasteiger partial charge in [-0.3, -0.25) is 0 Å². The van der Waals surface area contributed by atoms with Gasteiger partial charge in [-0.15, -0.1) is 0 Å². The molecule has 0 aliphatic carbocycles. The quantitative estimate of drug-likeness (QED) is 0.872. The van der Waals surface area contributed by atoms with Gasteiger partial charge in [0.05, 0.1) is 6.54 Å². The van der Waals surface area contributed by atoms with Crippen molar-refractivity contribution in [1.29, 1.82) is 0 Å². The lowest BCUT2D eigenvalue weighted by molar-refractivity contribution is 0.205. The van der Waals surface area contributed by atoms with Crippen LogP contribution >= 0.6 is 0 Å². The predicted molar refractivity (Wildman–Crippen MR) is 89.8 cm³/mol. The summed E-state index contributed by atoms with van der Waals surface area (Å²) in [7, 11) is 3.81. The van der Waals surface area contributed by atoms with Gasteiger partial charge in [-0.2, -0.15) is 0 Å². The number of hydrogen-bond acceptors (Lipinski definition) is 1. The molecule has 0 aliphatic rings. The Morgan fingerprint density at radius 3 is 2.59 bits per heavy atom. The number of nitrogens with zero attached hydrogens (tertiary/aromatic N) is 2. The summed E-state index contributed by atoms with van der Waals surface area (Å²) in [5.74, 6) is 0.444. The molecule has 2 amide bonds. The minimum atomic E-state index is -0.0264. The summed E-state index contributed by atoms with van der Waals surface area (Å²) in [6, 6.07) is 14.4. The average Bonchev–Trinajstić information content (AvgIpc) is 2.93. The Bertz CT molecular complexity index is 591. The van der Waals surface area contributed by atoms with Gasteiger partial charge in [0, 0.05) is 32.5 Å².